The van der Waals surface area contributed by atoms with Crippen LogP contribution in [0.3, 0.4) is 0 Å². The van der Waals surface area contributed by atoms with Crippen molar-refractivity contribution in [1.29, 1.82) is 0 Å². The second-order valence-electron chi connectivity index (χ2n) is 6.72. The van der Waals surface area contributed by atoms with Crippen LogP contribution in [0.1, 0.15) is 29.7 Å². The Morgan fingerprint density at radius 1 is 0.828 bits per heavy atom. The summed E-state index contributed by atoms with van der Waals surface area (Å²) in [6, 6.07) is 3.59. The van der Waals surface area contributed by atoms with Gasteiger partial charge in [-0.05, 0) is 46.8 Å². The van der Waals surface area contributed by atoms with Gasteiger partial charge in [-0.2, -0.15) is 0 Å². The van der Waals surface area contributed by atoms with Crippen LogP contribution in [0.25, 0.3) is 0 Å². The molecule has 8 nitrogen and oxygen atoms in total. The lowest BCUT2D eigenvalue weighted by Gasteiger charge is -2.14. The topological polar surface area (TPSA) is 110 Å². The third-order valence-corrected chi connectivity index (χ3v) is 5.30. The average molecular weight is 435 g/mol. The summed E-state index contributed by atoms with van der Waals surface area (Å²) in [5.74, 6) is 0.194. The second-order valence-corrected chi connectivity index (χ2v) is 8.60. The number of thioether (sulfide) groups is 2. The fraction of sp³-hybridized carbons (Fsp3) is 0.474. The highest BCUT2D eigenvalue weighted by molar-refractivity contribution is 8.00. The van der Waals surface area contributed by atoms with Crippen LogP contribution in [0.15, 0.2) is 22.4 Å². The van der Waals surface area contributed by atoms with Gasteiger partial charge in [-0.25, -0.2) is 19.9 Å². The summed E-state index contributed by atoms with van der Waals surface area (Å²) in [4.78, 5) is 41.3. The summed E-state index contributed by atoms with van der Waals surface area (Å²) in [6.07, 6.45) is 0. The van der Waals surface area contributed by atoms with Gasteiger partial charge >= 0.3 is 0 Å². The molecule has 0 aliphatic heterocycles. The predicted molar refractivity (Wildman–Crippen MR) is 115 cm³/mol. The van der Waals surface area contributed by atoms with E-state index in [-0.39, 0.29) is 29.4 Å². The van der Waals surface area contributed by atoms with Crippen molar-refractivity contribution in [2.24, 2.45) is 0 Å². The Kier molecular flexibility index (Phi) is 8.84. The lowest BCUT2D eigenvalue weighted by atomic mass is 10.3. The number of amides is 2. The highest BCUT2D eigenvalue weighted by atomic mass is 32.2. The number of hydrogen-bond acceptors (Lipinski definition) is 8. The number of aryl methyl sites for hydroxylation is 4. The zero-order valence-electron chi connectivity index (χ0n) is 17.3. The number of rotatable bonds is 9. The summed E-state index contributed by atoms with van der Waals surface area (Å²) in [7, 11) is 0. The Balaban J connectivity index is 1.68. The number of carbonyl (C=O) groups excluding carboxylic acids is 2. The Bertz CT molecular complexity index is 837. The van der Waals surface area contributed by atoms with E-state index in [1.165, 1.54) is 23.5 Å². The van der Waals surface area contributed by atoms with Crippen LogP contribution in [0.2, 0.25) is 0 Å². The fourth-order valence-electron chi connectivity index (χ4n) is 2.46. The molecule has 2 heterocycles. The zero-order chi connectivity index (χ0) is 21.4. The lowest BCUT2D eigenvalue weighted by Crippen LogP contribution is -2.42. The third-order valence-electron chi connectivity index (χ3n) is 3.60. The van der Waals surface area contributed by atoms with Gasteiger partial charge in [0.1, 0.15) is 0 Å². The zero-order valence-corrected chi connectivity index (χ0v) is 18.9. The van der Waals surface area contributed by atoms with Crippen molar-refractivity contribution in [2.45, 2.75) is 51.0 Å². The number of aromatic nitrogens is 4. The van der Waals surface area contributed by atoms with E-state index in [4.69, 9.17) is 0 Å². The quantitative estimate of drug-likeness (QED) is 0.456. The number of hydrogen-bond donors (Lipinski definition) is 2. The molecule has 0 aliphatic carbocycles. The molecule has 10 heteroatoms. The van der Waals surface area contributed by atoms with Crippen LogP contribution in [-0.4, -0.2) is 55.8 Å². The highest BCUT2D eigenvalue weighted by Crippen LogP contribution is 2.14. The first-order valence-corrected chi connectivity index (χ1v) is 11.1. The molecule has 156 valence electrons. The molecule has 0 radical (unpaired) electrons. The largest absolute Gasteiger partial charge is 0.353 e. The van der Waals surface area contributed by atoms with Gasteiger partial charge in [0.05, 0.1) is 11.5 Å². The van der Waals surface area contributed by atoms with E-state index >= 15 is 0 Å². The van der Waals surface area contributed by atoms with E-state index in [0.717, 1.165) is 22.8 Å². The maximum Gasteiger partial charge on any atom is 0.230 e. The molecule has 0 bridgehead atoms. The molecule has 2 N–H and O–H groups in total. The summed E-state index contributed by atoms with van der Waals surface area (Å²) in [5.41, 5.74) is 3.50. The standard InChI is InChI=1S/C19H26N6O2S2/c1-11-6-12(2)23-18(22-11)28-9-16(26)20-8-15(5)21-17(27)10-29-19-24-13(3)7-14(4)25-19/h6-7,15H,8-10H2,1-5H3,(H,20,26)(H,21,27)/t15-/m1/s1. The first-order valence-electron chi connectivity index (χ1n) is 9.17. The SMILES string of the molecule is Cc1cc(C)nc(SCC(=O)NC[C@@H](C)NC(=O)CSc2nc(C)cc(C)n2)n1. The Morgan fingerprint density at radius 2 is 1.24 bits per heavy atom. The van der Waals surface area contributed by atoms with Crippen LogP contribution >= 0.6 is 23.5 Å². The molecule has 2 aromatic heterocycles. The Labute approximate surface area is 179 Å². The van der Waals surface area contributed by atoms with Crippen molar-refractivity contribution in [1.82, 2.24) is 30.6 Å². The molecule has 0 saturated carbocycles. The van der Waals surface area contributed by atoms with Crippen molar-refractivity contribution in [3.05, 3.63) is 34.9 Å². The van der Waals surface area contributed by atoms with Gasteiger partial charge in [-0.3, -0.25) is 9.59 Å². The van der Waals surface area contributed by atoms with Gasteiger partial charge in [-0.1, -0.05) is 23.5 Å². The first kappa shape index (κ1) is 23.1. The van der Waals surface area contributed by atoms with Crippen LogP contribution in [0, 0.1) is 27.7 Å². The van der Waals surface area contributed by atoms with Gasteiger partial charge in [-0.15, -0.1) is 0 Å². The molecule has 2 aromatic rings. The van der Waals surface area contributed by atoms with Crippen molar-refractivity contribution in [3.8, 4) is 0 Å². The molecule has 1 atom stereocenters. The normalized spacial score (nSPS) is 11.8. The van der Waals surface area contributed by atoms with Gasteiger partial charge in [0.2, 0.25) is 11.8 Å². The molecule has 2 amide bonds. The fourth-order valence-corrected chi connectivity index (χ4v) is 4.00. The van der Waals surface area contributed by atoms with E-state index in [1.54, 1.807) is 0 Å². The monoisotopic (exact) mass is 434 g/mol. The first-order chi connectivity index (χ1) is 13.7. The summed E-state index contributed by atoms with van der Waals surface area (Å²) in [5, 5.41) is 6.85. The molecule has 0 unspecified atom stereocenters. The van der Waals surface area contributed by atoms with E-state index in [9.17, 15) is 9.59 Å². The molecule has 0 spiro atoms. The van der Waals surface area contributed by atoms with Crippen molar-refractivity contribution >= 4 is 35.3 Å². The van der Waals surface area contributed by atoms with Gasteiger partial charge in [0, 0.05) is 35.4 Å². The minimum Gasteiger partial charge on any atom is -0.353 e. The van der Waals surface area contributed by atoms with Crippen LogP contribution in [-0.2, 0) is 9.59 Å². The minimum atomic E-state index is -0.185. The molecule has 0 aromatic carbocycles. The van der Waals surface area contributed by atoms with Gasteiger partial charge in [0.25, 0.3) is 0 Å². The summed E-state index contributed by atoms with van der Waals surface area (Å²) >= 11 is 2.58. The third kappa shape index (κ3) is 8.78. The Hall–Kier alpha value is -2.20. The van der Waals surface area contributed by atoms with Gasteiger partial charge in [0.15, 0.2) is 10.3 Å². The number of carbonyl (C=O) groups is 2. The van der Waals surface area contributed by atoms with Crippen LogP contribution in [0.4, 0.5) is 0 Å². The second kappa shape index (κ2) is 11.1. The highest BCUT2D eigenvalue weighted by Gasteiger charge is 2.12. The molecule has 2 rings (SSSR count). The molecule has 0 saturated heterocycles. The van der Waals surface area contributed by atoms with Crippen molar-refractivity contribution in [3.63, 3.8) is 0 Å². The maximum atomic E-state index is 12.1. The van der Waals surface area contributed by atoms with E-state index < -0.39 is 0 Å². The molecular formula is C19H26N6O2S2. The molecule has 29 heavy (non-hydrogen) atoms. The van der Waals surface area contributed by atoms with Gasteiger partial charge < -0.3 is 10.6 Å². The average Bonchev–Trinajstić information content (AvgIpc) is 2.61. The number of nitrogens with one attached hydrogen (secondary N) is 2. The maximum absolute atomic E-state index is 12.1. The van der Waals surface area contributed by atoms with Crippen LogP contribution < -0.4 is 10.6 Å². The minimum absolute atomic E-state index is 0.127. The molecular weight excluding hydrogens is 408 g/mol. The van der Waals surface area contributed by atoms with E-state index in [2.05, 4.69) is 30.6 Å². The Morgan fingerprint density at radius 3 is 1.69 bits per heavy atom. The smallest absolute Gasteiger partial charge is 0.230 e. The molecule has 0 fully saturated rings. The van der Waals surface area contributed by atoms with Crippen LogP contribution in [0.5, 0.6) is 0 Å². The van der Waals surface area contributed by atoms with Crippen molar-refractivity contribution in [2.75, 3.05) is 18.1 Å². The predicted octanol–water partition coefficient (Wildman–Crippen LogP) is 2.01. The van der Waals surface area contributed by atoms with Crippen molar-refractivity contribution < 1.29 is 9.59 Å². The lowest BCUT2D eigenvalue weighted by molar-refractivity contribution is -0.121. The summed E-state index contributed by atoms with van der Waals surface area (Å²) < 4.78 is 0. The summed E-state index contributed by atoms with van der Waals surface area (Å²) in [6.45, 7) is 9.78. The number of nitrogens with zero attached hydrogens (tertiary/aromatic N) is 4. The molecule has 0 aliphatic rings. The van der Waals surface area contributed by atoms with E-state index in [0.29, 0.717) is 16.9 Å². The van der Waals surface area contributed by atoms with E-state index in [1.807, 2.05) is 46.8 Å².